The fraction of sp³-hybridized carbons (Fsp3) is 0.240. The van der Waals surface area contributed by atoms with Gasteiger partial charge in [-0.15, -0.1) is 0 Å². The van der Waals surface area contributed by atoms with E-state index in [-0.39, 0.29) is 28.9 Å². The van der Waals surface area contributed by atoms with Gasteiger partial charge in [-0.2, -0.15) is 0 Å². The third-order valence-corrected chi connectivity index (χ3v) is 7.05. The lowest BCUT2D eigenvalue weighted by Crippen LogP contribution is -2.39. The number of carbonyl (C=O) groups is 1. The van der Waals surface area contributed by atoms with E-state index in [0.29, 0.717) is 29.8 Å². The highest BCUT2D eigenvalue weighted by Crippen LogP contribution is 2.30. The molecule has 34 heavy (non-hydrogen) atoms. The Kier molecular flexibility index (Phi) is 6.56. The third kappa shape index (κ3) is 5.20. The summed E-state index contributed by atoms with van der Waals surface area (Å²) < 4.78 is 60.8. The standard InChI is InChI=1S/C25H24F2N2O4S/c1-16-3-9-22(14-23(16)27)34(31,32)28-21-8-10-24-19(13-21)15-29(25(30)17(2)33-24)12-11-18-4-6-20(26)7-5-18/h3-10,13-14,17,28H,11-12,15H2,1-2H3/t17-/m0/s1. The topological polar surface area (TPSA) is 75.7 Å². The first-order valence-corrected chi connectivity index (χ1v) is 12.2. The summed E-state index contributed by atoms with van der Waals surface area (Å²) in [7, 11) is -4.02. The van der Waals surface area contributed by atoms with Crippen molar-refractivity contribution in [3.8, 4) is 5.75 Å². The molecule has 0 spiro atoms. The van der Waals surface area contributed by atoms with Crippen LogP contribution in [0, 0.1) is 18.6 Å². The van der Waals surface area contributed by atoms with Crippen LogP contribution in [0.25, 0.3) is 0 Å². The van der Waals surface area contributed by atoms with E-state index in [1.54, 1.807) is 43.0 Å². The Balaban J connectivity index is 1.55. The molecule has 0 saturated carbocycles. The van der Waals surface area contributed by atoms with Crippen LogP contribution < -0.4 is 9.46 Å². The molecule has 0 radical (unpaired) electrons. The number of rotatable bonds is 6. The molecule has 0 unspecified atom stereocenters. The summed E-state index contributed by atoms with van der Waals surface area (Å²) in [6.45, 7) is 3.81. The Morgan fingerprint density at radius 1 is 1.06 bits per heavy atom. The number of halogens is 2. The van der Waals surface area contributed by atoms with Gasteiger partial charge < -0.3 is 9.64 Å². The van der Waals surface area contributed by atoms with Crippen LogP contribution >= 0.6 is 0 Å². The van der Waals surface area contributed by atoms with Gasteiger partial charge in [0.15, 0.2) is 6.10 Å². The molecule has 3 aromatic carbocycles. The SMILES string of the molecule is Cc1ccc(S(=O)(=O)Nc2ccc3c(c2)CN(CCc2ccc(F)cc2)C(=O)[C@H](C)O3)cc1F. The zero-order valence-corrected chi connectivity index (χ0v) is 19.5. The van der Waals surface area contributed by atoms with Gasteiger partial charge in [0, 0.05) is 24.3 Å². The molecule has 0 bridgehead atoms. The normalized spacial score (nSPS) is 15.9. The van der Waals surface area contributed by atoms with Crippen LogP contribution in [0.4, 0.5) is 14.5 Å². The smallest absolute Gasteiger partial charge is 0.263 e. The lowest BCUT2D eigenvalue weighted by Gasteiger charge is -2.22. The van der Waals surface area contributed by atoms with E-state index in [1.807, 2.05) is 0 Å². The van der Waals surface area contributed by atoms with Crippen molar-refractivity contribution in [2.24, 2.45) is 0 Å². The Morgan fingerprint density at radius 2 is 1.79 bits per heavy atom. The summed E-state index contributed by atoms with van der Waals surface area (Å²) >= 11 is 0. The number of amides is 1. The summed E-state index contributed by atoms with van der Waals surface area (Å²) in [6, 6.07) is 14.6. The van der Waals surface area contributed by atoms with Crippen molar-refractivity contribution in [1.82, 2.24) is 4.90 Å². The molecule has 0 saturated heterocycles. The average molecular weight is 487 g/mol. The fourth-order valence-corrected chi connectivity index (χ4v) is 4.78. The van der Waals surface area contributed by atoms with E-state index in [4.69, 9.17) is 4.74 Å². The zero-order valence-electron chi connectivity index (χ0n) is 18.7. The van der Waals surface area contributed by atoms with E-state index in [9.17, 15) is 22.0 Å². The second kappa shape index (κ2) is 9.42. The largest absolute Gasteiger partial charge is 0.481 e. The molecular weight excluding hydrogens is 462 g/mol. The molecule has 1 aliphatic heterocycles. The van der Waals surface area contributed by atoms with E-state index in [2.05, 4.69) is 4.72 Å². The highest BCUT2D eigenvalue weighted by atomic mass is 32.2. The minimum Gasteiger partial charge on any atom is -0.481 e. The first-order chi connectivity index (χ1) is 16.1. The second-order valence-corrected chi connectivity index (χ2v) is 9.92. The summed E-state index contributed by atoms with van der Waals surface area (Å²) in [5.74, 6) is -0.651. The summed E-state index contributed by atoms with van der Waals surface area (Å²) in [5.41, 5.74) is 2.13. The lowest BCUT2D eigenvalue weighted by molar-refractivity contribution is -0.137. The number of nitrogens with one attached hydrogen (secondary N) is 1. The Bertz CT molecular complexity index is 1330. The number of carbonyl (C=O) groups excluding carboxylic acids is 1. The summed E-state index contributed by atoms with van der Waals surface area (Å²) in [4.78, 5) is 14.3. The van der Waals surface area contributed by atoms with Gasteiger partial charge in [0.25, 0.3) is 15.9 Å². The van der Waals surface area contributed by atoms with Gasteiger partial charge in [0.05, 0.1) is 4.90 Å². The number of nitrogens with zero attached hydrogens (tertiary/aromatic N) is 1. The maximum Gasteiger partial charge on any atom is 0.263 e. The van der Waals surface area contributed by atoms with Gasteiger partial charge in [0.1, 0.15) is 17.4 Å². The van der Waals surface area contributed by atoms with Crippen LogP contribution in [0.2, 0.25) is 0 Å². The molecule has 1 heterocycles. The predicted octanol–water partition coefficient (Wildman–Crippen LogP) is 4.43. The van der Waals surface area contributed by atoms with E-state index >= 15 is 0 Å². The molecule has 1 atom stereocenters. The van der Waals surface area contributed by atoms with Crippen molar-refractivity contribution in [2.45, 2.75) is 37.8 Å². The molecule has 1 N–H and O–H groups in total. The lowest BCUT2D eigenvalue weighted by atomic mass is 10.1. The number of ether oxygens (including phenoxy) is 1. The number of aryl methyl sites for hydroxylation is 1. The maximum absolute atomic E-state index is 13.9. The first-order valence-electron chi connectivity index (χ1n) is 10.7. The monoisotopic (exact) mass is 486 g/mol. The van der Waals surface area contributed by atoms with Crippen LogP contribution in [0.3, 0.4) is 0 Å². The van der Waals surface area contributed by atoms with Gasteiger partial charge in [-0.3, -0.25) is 9.52 Å². The zero-order chi connectivity index (χ0) is 24.5. The van der Waals surface area contributed by atoms with E-state index in [1.165, 1.54) is 30.3 Å². The number of benzene rings is 3. The molecule has 0 aliphatic carbocycles. The van der Waals surface area contributed by atoms with Crippen LogP contribution in [-0.2, 0) is 27.8 Å². The molecule has 9 heteroatoms. The molecular formula is C25H24F2N2O4S. The molecule has 4 rings (SSSR count). The number of hydrogen-bond acceptors (Lipinski definition) is 4. The van der Waals surface area contributed by atoms with Gasteiger partial charge >= 0.3 is 0 Å². The van der Waals surface area contributed by atoms with Crippen molar-refractivity contribution in [2.75, 3.05) is 11.3 Å². The van der Waals surface area contributed by atoms with Crippen LogP contribution in [0.15, 0.2) is 65.6 Å². The minimum absolute atomic E-state index is 0.188. The van der Waals surface area contributed by atoms with Crippen LogP contribution in [0.1, 0.15) is 23.6 Å². The number of anilines is 1. The predicted molar refractivity (Wildman–Crippen MR) is 124 cm³/mol. The minimum atomic E-state index is -4.02. The molecule has 1 amide bonds. The summed E-state index contributed by atoms with van der Waals surface area (Å²) in [5, 5.41) is 0. The van der Waals surface area contributed by atoms with Gasteiger partial charge in [-0.1, -0.05) is 18.2 Å². The van der Waals surface area contributed by atoms with Crippen molar-refractivity contribution >= 4 is 21.6 Å². The maximum atomic E-state index is 13.9. The number of sulfonamides is 1. The van der Waals surface area contributed by atoms with Crippen LogP contribution in [-0.4, -0.2) is 31.9 Å². The molecule has 6 nitrogen and oxygen atoms in total. The third-order valence-electron chi connectivity index (χ3n) is 5.67. The molecule has 1 aliphatic rings. The highest BCUT2D eigenvalue weighted by Gasteiger charge is 2.28. The summed E-state index contributed by atoms with van der Waals surface area (Å²) in [6.07, 6.45) is -0.188. The Labute approximate surface area is 197 Å². The van der Waals surface area contributed by atoms with Crippen molar-refractivity contribution in [3.05, 3.63) is 89.0 Å². The molecule has 3 aromatic rings. The average Bonchev–Trinajstić information content (AvgIpc) is 2.91. The quantitative estimate of drug-likeness (QED) is 0.560. The van der Waals surface area contributed by atoms with Crippen molar-refractivity contribution in [3.63, 3.8) is 0 Å². The molecule has 178 valence electrons. The van der Waals surface area contributed by atoms with Crippen molar-refractivity contribution < 1.29 is 26.7 Å². The van der Waals surface area contributed by atoms with Crippen LogP contribution in [0.5, 0.6) is 5.75 Å². The number of hydrogen-bond donors (Lipinski definition) is 1. The second-order valence-electron chi connectivity index (χ2n) is 8.24. The highest BCUT2D eigenvalue weighted by molar-refractivity contribution is 7.92. The Morgan fingerprint density at radius 3 is 2.50 bits per heavy atom. The van der Waals surface area contributed by atoms with Gasteiger partial charge in [-0.25, -0.2) is 17.2 Å². The van der Waals surface area contributed by atoms with Crippen molar-refractivity contribution in [1.29, 1.82) is 0 Å². The Hall–Kier alpha value is -3.46. The van der Waals surface area contributed by atoms with Gasteiger partial charge in [0.2, 0.25) is 0 Å². The first kappa shape index (κ1) is 23.7. The van der Waals surface area contributed by atoms with E-state index < -0.39 is 21.9 Å². The van der Waals surface area contributed by atoms with E-state index in [0.717, 1.165) is 11.6 Å². The molecule has 0 fully saturated rings. The van der Waals surface area contributed by atoms with Gasteiger partial charge in [-0.05, 0) is 73.9 Å². The number of fused-ring (bicyclic) bond motifs is 1. The fourth-order valence-electron chi connectivity index (χ4n) is 3.72. The molecule has 0 aromatic heterocycles.